The number of alkyl halides is 3. The molecule has 0 aliphatic heterocycles. The fourth-order valence-corrected chi connectivity index (χ4v) is 1.72. The summed E-state index contributed by atoms with van der Waals surface area (Å²) < 4.78 is 37.3. The molecule has 0 aliphatic rings. The van der Waals surface area contributed by atoms with Crippen molar-refractivity contribution in [3.05, 3.63) is 27.7 Å². The number of halogens is 4. The zero-order valence-corrected chi connectivity index (χ0v) is 10.1. The van der Waals surface area contributed by atoms with Crippen molar-refractivity contribution in [2.45, 2.75) is 19.0 Å². The number of carbonyl (C=O) groups is 1. The van der Waals surface area contributed by atoms with Gasteiger partial charge in [0.15, 0.2) is 0 Å². The number of benzene rings is 1. The van der Waals surface area contributed by atoms with Crippen LogP contribution in [0.2, 0.25) is 0 Å². The van der Waals surface area contributed by atoms with Gasteiger partial charge < -0.3 is 10.2 Å². The van der Waals surface area contributed by atoms with E-state index in [1.54, 1.807) is 0 Å². The maximum absolute atomic E-state index is 12.5. The highest BCUT2D eigenvalue weighted by Crippen LogP contribution is 2.39. The Labute approximate surface area is 103 Å². The molecule has 0 spiro atoms. The molecule has 0 heterocycles. The first-order valence-corrected chi connectivity index (χ1v) is 5.26. The van der Waals surface area contributed by atoms with Crippen LogP contribution < -0.4 is 0 Å². The van der Waals surface area contributed by atoms with E-state index in [9.17, 15) is 23.1 Å². The number of hydrogen-bond donors (Lipinski definition) is 2. The van der Waals surface area contributed by atoms with E-state index < -0.39 is 29.4 Å². The second kappa shape index (κ2) is 4.56. The van der Waals surface area contributed by atoms with Gasteiger partial charge >= 0.3 is 12.1 Å². The minimum absolute atomic E-state index is 0.185. The summed E-state index contributed by atoms with van der Waals surface area (Å²) in [6, 6.07) is 1.34. The summed E-state index contributed by atoms with van der Waals surface area (Å²) in [5.41, 5.74) is -1.29. The number of rotatable bonds is 2. The van der Waals surface area contributed by atoms with E-state index in [0.717, 1.165) is 0 Å². The highest BCUT2D eigenvalue weighted by Gasteiger charge is 2.33. The molecule has 0 amide bonds. The van der Waals surface area contributed by atoms with Crippen LogP contribution in [-0.4, -0.2) is 16.2 Å². The fraction of sp³-hybridized carbons (Fsp3) is 0.300. The average Bonchev–Trinajstić information content (AvgIpc) is 2.19. The van der Waals surface area contributed by atoms with E-state index >= 15 is 0 Å². The normalized spacial score (nSPS) is 13.5. The molecule has 0 fully saturated rings. The second-order valence-electron chi connectivity index (χ2n) is 3.45. The van der Waals surface area contributed by atoms with Gasteiger partial charge in [0, 0.05) is 5.56 Å². The summed E-state index contributed by atoms with van der Waals surface area (Å²) >= 11 is 2.76. The fourth-order valence-electron chi connectivity index (χ4n) is 1.25. The maximum Gasteiger partial charge on any atom is 0.416 e. The Morgan fingerprint density at radius 1 is 1.41 bits per heavy atom. The van der Waals surface area contributed by atoms with Crippen molar-refractivity contribution in [3.8, 4) is 5.75 Å². The molecule has 0 aliphatic carbocycles. The number of phenolic OH excluding ortho intramolecular Hbond substituents is 1. The largest absolute Gasteiger partial charge is 0.506 e. The van der Waals surface area contributed by atoms with Gasteiger partial charge in [0.05, 0.1) is 16.0 Å². The van der Waals surface area contributed by atoms with Crippen LogP contribution in [0, 0.1) is 0 Å². The molecular weight excluding hydrogens is 305 g/mol. The van der Waals surface area contributed by atoms with Gasteiger partial charge in [0.25, 0.3) is 0 Å². The number of aromatic hydroxyl groups is 1. The molecular formula is C10H8BrF3O3. The standard InChI is InChI=1S/C10H8BrF3O3/c1-4(9(16)17)6-2-5(10(12,13)14)3-7(11)8(6)15/h2-4,15H,1H3,(H,16,17). The Morgan fingerprint density at radius 3 is 2.35 bits per heavy atom. The number of carboxylic acids is 1. The van der Waals surface area contributed by atoms with E-state index in [0.29, 0.717) is 12.1 Å². The van der Waals surface area contributed by atoms with Crippen molar-refractivity contribution in [3.63, 3.8) is 0 Å². The summed E-state index contributed by atoms with van der Waals surface area (Å²) in [5, 5.41) is 18.3. The molecule has 1 rings (SSSR count). The summed E-state index contributed by atoms with van der Waals surface area (Å²) in [6.45, 7) is 1.20. The number of phenols is 1. The predicted octanol–water partition coefficient (Wildman–Crippen LogP) is 3.36. The predicted molar refractivity (Wildman–Crippen MR) is 56.9 cm³/mol. The minimum Gasteiger partial charge on any atom is -0.506 e. The molecule has 1 unspecified atom stereocenters. The molecule has 7 heteroatoms. The Hall–Kier alpha value is -1.24. The lowest BCUT2D eigenvalue weighted by atomic mass is 9.98. The van der Waals surface area contributed by atoms with E-state index in [1.807, 2.05) is 0 Å². The van der Waals surface area contributed by atoms with Crippen LogP contribution in [-0.2, 0) is 11.0 Å². The first-order valence-electron chi connectivity index (χ1n) is 4.47. The van der Waals surface area contributed by atoms with Crippen LogP contribution in [0.25, 0.3) is 0 Å². The molecule has 0 saturated carbocycles. The highest BCUT2D eigenvalue weighted by molar-refractivity contribution is 9.10. The quantitative estimate of drug-likeness (QED) is 0.880. The topological polar surface area (TPSA) is 57.5 Å². The minimum atomic E-state index is -4.59. The number of hydrogen-bond acceptors (Lipinski definition) is 2. The summed E-state index contributed by atoms with van der Waals surface area (Å²) in [7, 11) is 0. The van der Waals surface area contributed by atoms with Crippen molar-refractivity contribution >= 4 is 21.9 Å². The Kier molecular flexibility index (Phi) is 3.71. The van der Waals surface area contributed by atoms with Crippen LogP contribution in [0.4, 0.5) is 13.2 Å². The van der Waals surface area contributed by atoms with E-state index in [2.05, 4.69) is 15.9 Å². The molecule has 1 aromatic rings. The molecule has 94 valence electrons. The molecule has 0 saturated heterocycles. The van der Waals surface area contributed by atoms with Gasteiger partial charge in [-0.25, -0.2) is 0 Å². The van der Waals surface area contributed by atoms with Crippen molar-refractivity contribution in [2.24, 2.45) is 0 Å². The number of carboxylic acid groups (broad SMARTS) is 1. The maximum atomic E-state index is 12.5. The Balaban J connectivity index is 3.40. The Bertz CT molecular complexity index is 457. The lowest BCUT2D eigenvalue weighted by molar-refractivity contribution is -0.140. The van der Waals surface area contributed by atoms with Crippen LogP contribution in [0.5, 0.6) is 5.75 Å². The molecule has 0 bridgehead atoms. The van der Waals surface area contributed by atoms with Crippen LogP contribution in [0.3, 0.4) is 0 Å². The molecule has 2 N–H and O–H groups in total. The smallest absolute Gasteiger partial charge is 0.416 e. The third-order valence-corrected chi connectivity index (χ3v) is 2.86. The monoisotopic (exact) mass is 312 g/mol. The molecule has 0 radical (unpaired) electrons. The molecule has 1 atom stereocenters. The molecule has 17 heavy (non-hydrogen) atoms. The van der Waals surface area contributed by atoms with E-state index in [-0.39, 0.29) is 10.0 Å². The van der Waals surface area contributed by atoms with Crippen molar-refractivity contribution in [2.75, 3.05) is 0 Å². The molecule has 3 nitrogen and oxygen atoms in total. The molecule has 1 aromatic carbocycles. The van der Waals surface area contributed by atoms with Crippen molar-refractivity contribution in [1.82, 2.24) is 0 Å². The molecule has 0 aromatic heterocycles. The van der Waals surface area contributed by atoms with Crippen molar-refractivity contribution in [1.29, 1.82) is 0 Å². The summed E-state index contributed by atoms with van der Waals surface area (Å²) in [5.74, 6) is -3.03. The van der Waals surface area contributed by atoms with Gasteiger partial charge in [-0.2, -0.15) is 13.2 Å². The third-order valence-electron chi connectivity index (χ3n) is 2.26. The zero-order valence-electron chi connectivity index (χ0n) is 8.55. The first kappa shape index (κ1) is 13.8. The highest BCUT2D eigenvalue weighted by atomic mass is 79.9. The van der Waals surface area contributed by atoms with Crippen LogP contribution >= 0.6 is 15.9 Å². The third kappa shape index (κ3) is 2.91. The van der Waals surface area contributed by atoms with Crippen LogP contribution in [0.1, 0.15) is 24.0 Å². The Morgan fingerprint density at radius 2 is 1.94 bits per heavy atom. The van der Waals surface area contributed by atoms with E-state index in [1.165, 1.54) is 6.92 Å². The number of aliphatic carboxylic acids is 1. The SMILES string of the molecule is CC(C(=O)O)c1cc(C(F)(F)F)cc(Br)c1O. The van der Waals surface area contributed by atoms with Gasteiger partial charge in [0.1, 0.15) is 5.75 Å². The van der Waals surface area contributed by atoms with Gasteiger partial charge in [0.2, 0.25) is 0 Å². The zero-order chi connectivity index (χ0) is 13.4. The van der Waals surface area contributed by atoms with Gasteiger partial charge in [-0.15, -0.1) is 0 Å². The van der Waals surface area contributed by atoms with Crippen LogP contribution in [0.15, 0.2) is 16.6 Å². The second-order valence-corrected chi connectivity index (χ2v) is 4.31. The van der Waals surface area contributed by atoms with Gasteiger partial charge in [-0.1, -0.05) is 0 Å². The van der Waals surface area contributed by atoms with Gasteiger partial charge in [-0.3, -0.25) is 4.79 Å². The average molecular weight is 313 g/mol. The lowest BCUT2D eigenvalue weighted by Gasteiger charge is -2.14. The van der Waals surface area contributed by atoms with Gasteiger partial charge in [-0.05, 0) is 35.0 Å². The summed E-state index contributed by atoms with van der Waals surface area (Å²) in [6.07, 6.45) is -4.59. The van der Waals surface area contributed by atoms with E-state index in [4.69, 9.17) is 5.11 Å². The van der Waals surface area contributed by atoms with Crippen molar-refractivity contribution < 1.29 is 28.2 Å². The lowest BCUT2D eigenvalue weighted by Crippen LogP contribution is -2.11. The first-order chi connectivity index (χ1) is 7.64. The summed E-state index contributed by atoms with van der Waals surface area (Å²) in [4.78, 5) is 10.7.